The van der Waals surface area contributed by atoms with Crippen LogP contribution in [0.25, 0.3) is 10.9 Å². The summed E-state index contributed by atoms with van der Waals surface area (Å²) in [6, 6.07) is 8.36. The molecule has 1 aromatic carbocycles. The SMILES string of the molecule is COC(=O)Nc1n[nH]c2cc(NC(=O)NCc3ccc(Cl)cc3)ncc12. The van der Waals surface area contributed by atoms with Gasteiger partial charge in [-0.15, -0.1) is 0 Å². The minimum Gasteiger partial charge on any atom is -0.453 e. The zero-order valence-corrected chi connectivity index (χ0v) is 14.4. The summed E-state index contributed by atoms with van der Waals surface area (Å²) in [6.07, 6.45) is 0.848. The molecule has 0 aliphatic rings. The lowest BCUT2D eigenvalue weighted by Gasteiger charge is -2.07. The van der Waals surface area contributed by atoms with Crippen molar-refractivity contribution in [1.29, 1.82) is 0 Å². The number of amides is 3. The number of rotatable bonds is 4. The zero-order valence-electron chi connectivity index (χ0n) is 13.7. The van der Waals surface area contributed by atoms with E-state index in [2.05, 4.69) is 35.9 Å². The molecule has 0 saturated carbocycles. The second kappa shape index (κ2) is 7.70. The fourth-order valence-electron chi connectivity index (χ4n) is 2.17. The topological polar surface area (TPSA) is 121 Å². The van der Waals surface area contributed by atoms with Crippen molar-refractivity contribution >= 4 is 46.3 Å². The highest BCUT2D eigenvalue weighted by Crippen LogP contribution is 2.21. The number of hydrogen-bond donors (Lipinski definition) is 4. The Bertz CT molecular complexity index is 941. The molecule has 9 nitrogen and oxygen atoms in total. The quantitative estimate of drug-likeness (QED) is 0.559. The average molecular weight is 375 g/mol. The van der Waals surface area contributed by atoms with Crippen LogP contribution in [0.5, 0.6) is 0 Å². The normalized spacial score (nSPS) is 10.4. The first-order valence-electron chi connectivity index (χ1n) is 7.53. The molecule has 0 aliphatic carbocycles. The van der Waals surface area contributed by atoms with Gasteiger partial charge in [0, 0.05) is 23.8 Å². The lowest BCUT2D eigenvalue weighted by atomic mass is 10.2. The molecule has 0 spiro atoms. The summed E-state index contributed by atoms with van der Waals surface area (Å²) >= 11 is 5.82. The summed E-state index contributed by atoms with van der Waals surface area (Å²) in [7, 11) is 1.26. The second-order valence-electron chi connectivity index (χ2n) is 5.24. The van der Waals surface area contributed by atoms with E-state index < -0.39 is 12.1 Å². The van der Waals surface area contributed by atoms with Gasteiger partial charge in [0.1, 0.15) is 5.82 Å². The third-order valence-electron chi connectivity index (χ3n) is 3.46. The molecule has 2 heterocycles. The molecule has 10 heteroatoms. The van der Waals surface area contributed by atoms with E-state index in [-0.39, 0.29) is 5.82 Å². The van der Waals surface area contributed by atoms with Crippen molar-refractivity contribution in [2.75, 3.05) is 17.7 Å². The first-order valence-corrected chi connectivity index (χ1v) is 7.91. The number of carbonyl (C=O) groups excluding carboxylic acids is 2. The smallest absolute Gasteiger partial charge is 0.412 e. The molecule has 0 aliphatic heterocycles. The summed E-state index contributed by atoms with van der Waals surface area (Å²) in [5, 5.41) is 15.8. The number of aromatic amines is 1. The molecule has 0 saturated heterocycles. The van der Waals surface area contributed by atoms with Crippen molar-refractivity contribution < 1.29 is 14.3 Å². The van der Waals surface area contributed by atoms with Crippen molar-refractivity contribution in [3.05, 3.63) is 47.1 Å². The first kappa shape index (κ1) is 17.5. The molecule has 4 N–H and O–H groups in total. The fraction of sp³-hybridized carbons (Fsp3) is 0.125. The zero-order chi connectivity index (χ0) is 18.5. The van der Waals surface area contributed by atoms with E-state index >= 15 is 0 Å². The van der Waals surface area contributed by atoms with Gasteiger partial charge in [0.25, 0.3) is 0 Å². The summed E-state index contributed by atoms with van der Waals surface area (Å²) in [6.45, 7) is 0.350. The molecule has 3 amide bonds. The Labute approximate surface area is 153 Å². The van der Waals surface area contributed by atoms with Gasteiger partial charge >= 0.3 is 12.1 Å². The maximum Gasteiger partial charge on any atom is 0.412 e. The monoisotopic (exact) mass is 374 g/mol. The van der Waals surface area contributed by atoms with Gasteiger partial charge in [-0.2, -0.15) is 5.10 Å². The Morgan fingerprint density at radius 1 is 1.23 bits per heavy atom. The van der Waals surface area contributed by atoms with Crippen LogP contribution in [-0.2, 0) is 11.3 Å². The number of aromatic nitrogens is 3. The molecule has 3 aromatic rings. The number of ether oxygens (including phenoxy) is 1. The maximum atomic E-state index is 12.0. The highest BCUT2D eigenvalue weighted by atomic mass is 35.5. The number of benzene rings is 1. The van der Waals surface area contributed by atoms with Gasteiger partial charge in [-0.1, -0.05) is 23.7 Å². The van der Waals surface area contributed by atoms with E-state index in [0.717, 1.165) is 5.56 Å². The van der Waals surface area contributed by atoms with Crippen molar-refractivity contribution in [3.8, 4) is 0 Å². The average Bonchev–Trinajstić information content (AvgIpc) is 3.03. The highest BCUT2D eigenvalue weighted by Gasteiger charge is 2.11. The number of methoxy groups -OCH3 is 1. The van der Waals surface area contributed by atoms with Crippen LogP contribution in [0.15, 0.2) is 36.5 Å². The minimum absolute atomic E-state index is 0.290. The number of pyridine rings is 1. The molecule has 134 valence electrons. The summed E-state index contributed by atoms with van der Waals surface area (Å²) < 4.78 is 4.52. The Kier molecular flexibility index (Phi) is 5.18. The van der Waals surface area contributed by atoms with Crippen molar-refractivity contribution in [2.45, 2.75) is 6.54 Å². The summed E-state index contributed by atoms with van der Waals surface area (Å²) in [4.78, 5) is 27.4. The first-order chi connectivity index (χ1) is 12.5. The second-order valence-corrected chi connectivity index (χ2v) is 5.67. The minimum atomic E-state index is -0.637. The predicted molar refractivity (Wildman–Crippen MR) is 97.2 cm³/mol. The van der Waals surface area contributed by atoms with Gasteiger partial charge in [-0.05, 0) is 17.7 Å². The highest BCUT2D eigenvalue weighted by molar-refractivity contribution is 6.30. The van der Waals surface area contributed by atoms with Crippen LogP contribution in [0.3, 0.4) is 0 Å². The number of nitrogens with one attached hydrogen (secondary N) is 4. The predicted octanol–water partition coefficient (Wildman–Crippen LogP) is 3.11. The van der Waals surface area contributed by atoms with E-state index in [1.165, 1.54) is 13.3 Å². The Balaban J connectivity index is 1.62. The molecule has 3 rings (SSSR count). The van der Waals surface area contributed by atoms with Gasteiger partial charge in [0.15, 0.2) is 5.82 Å². The van der Waals surface area contributed by atoms with E-state index in [1.807, 2.05) is 12.1 Å². The Hall–Kier alpha value is -3.33. The Morgan fingerprint density at radius 3 is 2.73 bits per heavy atom. The number of anilines is 2. The number of urea groups is 1. The van der Waals surface area contributed by atoms with Crippen LogP contribution in [0.1, 0.15) is 5.56 Å². The standard InChI is InChI=1S/C16H15ClN6O3/c1-26-16(25)21-14-11-8-18-13(6-12(11)22-23-14)20-15(24)19-7-9-2-4-10(17)5-3-9/h2-6,8H,7H2,1H3,(H2,18,19,20,24)(H2,21,22,23,25). The lowest BCUT2D eigenvalue weighted by Crippen LogP contribution is -2.28. The van der Waals surface area contributed by atoms with Crippen LogP contribution >= 0.6 is 11.6 Å². The molecule has 26 heavy (non-hydrogen) atoms. The lowest BCUT2D eigenvalue weighted by molar-refractivity contribution is 0.187. The van der Waals surface area contributed by atoms with Crippen LogP contribution in [0.4, 0.5) is 21.2 Å². The third-order valence-corrected chi connectivity index (χ3v) is 3.71. The molecule has 0 bridgehead atoms. The largest absolute Gasteiger partial charge is 0.453 e. The number of nitrogens with zero attached hydrogens (tertiary/aromatic N) is 2. The Morgan fingerprint density at radius 2 is 2.00 bits per heavy atom. The number of fused-ring (bicyclic) bond motifs is 1. The van der Waals surface area contributed by atoms with Gasteiger partial charge in [-0.25, -0.2) is 14.6 Å². The molecular formula is C16H15ClN6O3. The molecule has 0 radical (unpaired) electrons. The number of H-pyrrole nitrogens is 1. The summed E-state index contributed by atoms with van der Waals surface area (Å²) in [5.41, 5.74) is 1.51. The van der Waals surface area contributed by atoms with Crippen LogP contribution < -0.4 is 16.0 Å². The van der Waals surface area contributed by atoms with Gasteiger partial charge < -0.3 is 10.1 Å². The van der Waals surface area contributed by atoms with Crippen molar-refractivity contribution in [1.82, 2.24) is 20.5 Å². The van der Waals surface area contributed by atoms with Crippen molar-refractivity contribution in [3.63, 3.8) is 0 Å². The van der Waals surface area contributed by atoms with E-state index in [9.17, 15) is 9.59 Å². The third kappa shape index (κ3) is 4.19. The molecule has 0 atom stereocenters. The number of carbonyl (C=O) groups is 2. The van der Waals surface area contributed by atoms with Crippen molar-refractivity contribution in [2.24, 2.45) is 0 Å². The fourth-order valence-corrected chi connectivity index (χ4v) is 2.30. The van der Waals surface area contributed by atoms with E-state index in [0.29, 0.717) is 28.3 Å². The van der Waals surface area contributed by atoms with E-state index in [1.54, 1.807) is 18.2 Å². The molecular weight excluding hydrogens is 360 g/mol. The molecule has 2 aromatic heterocycles. The maximum absolute atomic E-state index is 12.0. The van der Waals surface area contributed by atoms with Gasteiger partial charge in [0.2, 0.25) is 0 Å². The van der Waals surface area contributed by atoms with Gasteiger partial charge in [-0.3, -0.25) is 15.7 Å². The number of halogens is 1. The van der Waals surface area contributed by atoms with Gasteiger partial charge in [0.05, 0.1) is 18.0 Å². The number of hydrogen-bond acceptors (Lipinski definition) is 5. The molecule has 0 unspecified atom stereocenters. The van der Waals surface area contributed by atoms with Crippen LogP contribution in [-0.4, -0.2) is 34.4 Å². The van der Waals surface area contributed by atoms with Crippen LogP contribution in [0, 0.1) is 0 Å². The summed E-state index contributed by atoms with van der Waals surface area (Å²) in [5.74, 6) is 0.623. The van der Waals surface area contributed by atoms with Crippen LogP contribution in [0.2, 0.25) is 5.02 Å². The van der Waals surface area contributed by atoms with E-state index in [4.69, 9.17) is 11.6 Å². The molecule has 0 fully saturated rings.